The Bertz CT molecular complexity index is 1730. The van der Waals surface area contributed by atoms with E-state index in [-0.39, 0.29) is 34.2 Å². The molecule has 3 aromatic heterocycles. The molecule has 0 saturated carbocycles. The zero-order valence-corrected chi connectivity index (χ0v) is 21.4. The molecule has 12 heteroatoms. The first-order valence-electron chi connectivity index (χ1n) is 11.7. The van der Waals surface area contributed by atoms with Crippen molar-refractivity contribution in [1.29, 1.82) is 0 Å². The maximum Gasteiger partial charge on any atom is 0.316 e. The number of hydrogen-bond donors (Lipinski definition) is 2. The number of sulfone groups is 1. The largest absolute Gasteiger partial charge is 0.467 e. The van der Waals surface area contributed by atoms with Crippen LogP contribution in [0.25, 0.3) is 22.0 Å². The van der Waals surface area contributed by atoms with E-state index in [0.29, 0.717) is 6.07 Å². The van der Waals surface area contributed by atoms with Gasteiger partial charge in [-0.3, -0.25) is 0 Å². The number of methoxy groups -OCH3 is 1. The molecule has 9 nitrogen and oxygen atoms in total. The van der Waals surface area contributed by atoms with Crippen LogP contribution in [0.1, 0.15) is 5.56 Å². The Hall–Kier alpha value is -4.42. The standard InChI is InChI=1S/C27H23F2N5O4S/c1-38-27-31-12-19(13-32-27)18-6-4-5-17(9-18)14-34-15-23(26-21(29)10-20(28)11-22(26)34)39(36,37)16-25(35)33-24-7-2-3-8-30-24/h2-13,15,25,35H,14,16H2,1H3,(H,30,33). The SMILES string of the molecule is COc1ncc(-c2cccc(Cn3cc(S(=O)(=O)CC(O)Nc4ccccn4)c4c(F)cc(F)cc43)c2)cn1. The number of anilines is 1. The van der Waals surface area contributed by atoms with Crippen LogP contribution < -0.4 is 10.1 Å². The van der Waals surface area contributed by atoms with Gasteiger partial charge >= 0.3 is 6.01 Å². The van der Waals surface area contributed by atoms with Crippen LogP contribution in [0, 0.1) is 11.6 Å². The second-order valence-electron chi connectivity index (χ2n) is 8.72. The summed E-state index contributed by atoms with van der Waals surface area (Å²) in [6.45, 7) is 0.120. The third kappa shape index (κ3) is 5.71. The summed E-state index contributed by atoms with van der Waals surface area (Å²) in [5.74, 6) is -2.34. The lowest BCUT2D eigenvalue weighted by Gasteiger charge is -2.13. The summed E-state index contributed by atoms with van der Waals surface area (Å²) in [6.07, 6.45) is 4.44. The number of ether oxygens (including phenoxy) is 1. The molecule has 2 N–H and O–H groups in total. The highest BCUT2D eigenvalue weighted by molar-refractivity contribution is 7.91. The first-order valence-corrected chi connectivity index (χ1v) is 13.4. The highest BCUT2D eigenvalue weighted by Gasteiger charge is 2.27. The summed E-state index contributed by atoms with van der Waals surface area (Å²) < 4.78 is 62.3. The molecule has 1 atom stereocenters. The Balaban J connectivity index is 1.49. The van der Waals surface area contributed by atoms with Crippen molar-refractivity contribution >= 4 is 26.6 Å². The molecule has 0 fully saturated rings. The number of aromatic nitrogens is 4. The van der Waals surface area contributed by atoms with Crippen LogP contribution in [-0.4, -0.2) is 52.1 Å². The highest BCUT2D eigenvalue weighted by Crippen LogP contribution is 2.31. The van der Waals surface area contributed by atoms with Gasteiger partial charge in [-0.15, -0.1) is 0 Å². The summed E-state index contributed by atoms with van der Waals surface area (Å²) in [5.41, 5.74) is 2.33. The number of aliphatic hydroxyl groups is 1. The van der Waals surface area contributed by atoms with E-state index in [1.54, 1.807) is 36.7 Å². The summed E-state index contributed by atoms with van der Waals surface area (Å²) in [5, 5.41) is 12.7. The lowest BCUT2D eigenvalue weighted by atomic mass is 10.1. The molecule has 39 heavy (non-hydrogen) atoms. The van der Waals surface area contributed by atoms with Crippen LogP contribution in [-0.2, 0) is 16.4 Å². The van der Waals surface area contributed by atoms with Crippen molar-refractivity contribution in [3.63, 3.8) is 0 Å². The normalized spacial score (nSPS) is 12.4. The molecule has 200 valence electrons. The van der Waals surface area contributed by atoms with Gasteiger partial charge in [0.15, 0.2) is 9.84 Å². The Morgan fingerprint density at radius 1 is 1.03 bits per heavy atom. The van der Waals surface area contributed by atoms with Gasteiger partial charge in [0.2, 0.25) is 0 Å². The fourth-order valence-corrected chi connectivity index (χ4v) is 5.73. The van der Waals surface area contributed by atoms with Gasteiger partial charge < -0.3 is 19.7 Å². The van der Waals surface area contributed by atoms with E-state index in [1.807, 2.05) is 18.2 Å². The third-order valence-corrected chi connectivity index (χ3v) is 7.71. The molecule has 1 unspecified atom stereocenters. The van der Waals surface area contributed by atoms with Gasteiger partial charge in [-0.2, -0.15) is 0 Å². The predicted octanol–water partition coefficient (Wildman–Crippen LogP) is 4.03. The number of rotatable bonds is 9. The Labute approximate surface area is 222 Å². The van der Waals surface area contributed by atoms with Crippen molar-refractivity contribution in [3.05, 3.63) is 96.6 Å². The summed E-state index contributed by atoms with van der Waals surface area (Å²) in [4.78, 5) is 11.9. The van der Waals surface area contributed by atoms with Crippen LogP contribution in [0.3, 0.4) is 0 Å². The van der Waals surface area contributed by atoms with Crippen molar-refractivity contribution in [1.82, 2.24) is 19.5 Å². The summed E-state index contributed by atoms with van der Waals surface area (Å²) in [6, 6.07) is 14.2. The lowest BCUT2D eigenvalue weighted by molar-refractivity contribution is 0.226. The second-order valence-corrected chi connectivity index (χ2v) is 10.7. The third-order valence-electron chi connectivity index (χ3n) is 5.98. The number of benzene rings is 2. The van der Waals surface area contributed by atoms with Gasteiger partial charge in [0.25, 0.3) is 0 Å². The minimum atomic E-state index is -4.22. The average molecular weight is 552 g/mol. The first kappa shape index (κ1) is 26.2. The predicted molar refractivity (Wildman–Crippen MR) is 141 cm³/mol. The number of pyridine rings is 1. The van der Waals surface area contributed by atoms with Gasteiger partial charge in [0.05, 0.1) is 28.7 Å². The van der Waals surface area contributed by atoms with Crippen molar-refractivity contribution in [2.45, 2.75) is 17.7 Å². The van der Waals surface area contributed by atoms with Crippen molar-refractivity contribution in [2.75, 3.05) is 18.2 Å². The maximum absolute atomic E-state index is 15.0. The maximum atomic E-state index is 15.0. The Kier molecular flexibility index (Phi) is 7.22. The van der Waals surface area contributed by atoms with Crippen LogP contribution in [0.2, 0.25) is 0 Å². The van der Waals surface area contributed by atoms with Crippen molar-refractivity contribution < 1.29 is 27.0 Å². The molecule has 3 heterocycles. The Morgan fingerprint density at radius 2 is 1.82 bits per heavy atom. The number of aliphatic hydroxyl groups excluding tert-OH is 1. The number of halogens is 2. The van der Waals surface area contributed by atoms with Gasteiger partial charge in [-0.25, -0.2) is 32.2 Å². The monoisotopic (exact) mass is 551 g/mol. The molecule has 0 aliphatic rings. The molecule has 0 saturated heterocycles. The number of nitrogens with zero attached hydrogens (tertiary/aromatic N) is 4. The lowest BCUT2D eigenvalue weighted by Crippen LogP contribution is -2.28. The van der Waals surface area contributed by atoms with E-state index in [9.17, 15) is 22.3 Å². The van der Waals surface area contributed by atoms with Crippen LogP contribution in [0.5, 0.6) is 6.01 Å². The van der Waals surface area contributed by atoms with E-state index >= 15 is 0 Å². The molecule has 0 radical (unpaired) electrons. The highest BCUT2D eigenvalue weighted by atomic mass is 32.2. The molecule has 0 amide bonds. The van der Waals surface area contributed by atoms with E-state index < -0.39 is 33.5 Å². The molecular formula is C27H23F2N5O4S. The van der Waals surface area contributed by atoms with Crippen LogP contribution >= 0.6 is 0 Å². The molecule has 2 aromatic carbocycles. The number of hydrogen-bond acceptors (Lipinski definition) is 8. The van der Waals surface area contributed by atoms with Crippen LogP contribution in [0.4, 0.5) is 14.6 Å². The zero-order valence-electron chi connectivity index (χ0n) is 20.6. The van der Waals surface area contributed by atoms with Crippen molar-refractivity contribution in [2.24, 2.45) is 0 Å². The van der Waals surface area contributed by atoms with Crippen molar-refractivity contribution in [3.8, 4) is 17.1 Å². The second kappa shape index (κ2) is 10.8. The fourth-order valence-electron chi connectivity index (χ4n) is 4.25. The number of nitrogens with one attached hydrogen (secondary N) is 1. The molecule has 5 rings (SSSR count). The first-order chi connectivity index (χ1) is 18.7. The van der Waals surface area contributed by atoms with E-state index in [2.05, 4.69) is 20.3 Å². The molecular weight excluding hydrogens is 528 g/mol. The fraction of sp³-hybridized carbons (Fsp3) is 0.148. The minimum absolute atomic E-state index is 0.0661. The molecule has 0 aliphatic heterocycles. The molecule has 5 aromatic rings. The molecule has 0 spiro atoms. The summed E-state index contributed by atoms with van der Waals surface area (Å²) >= 11 is 0. The Morgan fingerprint density at radius 3 is 2.54 bits per heavy atom. The number of fused-ring (bicyclic) bond motifs is 1. The van der Waals surface area contributed by atoms with Gasteiger partial charge in [-0.1, -0.05) is 24.3 Å². The average Bonchev–Trinajstić information content (AvgIpc) is 3.28. The van der Waals surface area contributed by atoms with Gasteiger partial charge in [-0.05, 0) is 35.4 Å². The minimum Gasteiger partial charge on any atom is -0.467 e. The van der Waals surface area contributed by atoms with Gasteiger partial charge in [0, 0.05) is 43.0 Å². The smallest absolute Gasteiger partial charge is 0.316 e. The summed E-state index contributed by atoms with van der Waals surface area (Å²) in [7, 11) is -2.76. The quantitative estimate of drug-likeness (QED) is 0.264. The topological polar surface area (TPSA) is 119 Å². The van der Waals surface area contributed by atoms with Gasteiger partial charge in [0.1, 0.15) is 23.7 Å². The molecule has 0 bridgehead atoms. The van der Waals surface area contributed by atoms with E-state index in [4.69, 9.17) is 4.74 Å². The van der Waals surface area contributed by atoms with Crippen LogP contribution in [0.15, 0.2) is 84.3 Å². The van der Waals surface area contributed by atoms with E-state index in [1.165, 1.54) is 24.1 Å². The zero-order chi connectivity index (χ0) is 27.6. The molecule has 0 aliphatic carbocycles. The van der Waals surface area contributed by atoms with E-state index in [0.717, 1.165) is 22.8 Å².